The van der Waals surface area contributed by atoms with Crippen LogP contribution in [0.1, 0.15) is 26.3 Å². The molecule has 2 nitrogen and oxygen atoms in total. The minimum absolute atomic E-state index is 0.0279. The fourth-order valence-corrected chi connectivity index (χ4v) is 2.11. The maximum Gasteiger partial charge on any atom is 0.0970 e. The lowest BCUT2D eigenvalue weighted by Crippen LogP contribution is -2.53. The highest BCUT2D eigenvalue weighted by atomic mass is 15.3. The molecule has 80 valence electrons. The quantitative estimate of drug-likeness (QED) is 0.700. The molecule has 0 saturated carbocycles. The van der Waals surface area contributed by atoms with Gasteiger partial charge in [0.05, 0.1) is 6.17 Å². The molecule has 0 fully saturated rings. The van der Waals surface area contributed by atoms with Gasteiger partial charge in [0, 0.05) is 11.2 Å². The lowest BCUT2D eigenvalue weighted by molar-refractivity contribution is 0.472. The zero-order chi connectivity index (χ0) is 11.1. The van der Waals surface area contributed by atoms with Gasteiger partial charge in [-0.15, -0.1) is 0 Å². The first-order chi connectivity index (χ1) is 7.00. The molecule has 1 aromatic rings. The monoisotopic (exact) mass is 202 g/mol. The van der Waals surface area contributed by atoms with E-state index in [1.807, 2.05) is 6.08 Å². The number of hydrogen-bond donors (Lipinski definition) is 1. The molecule has 0 radical (unpaired) electrons. The average Bonchev–Trinajstić information content (AvgIpc) is 2.15. The van der Waals surface area contributed by atoms with E-state index < -0.39 is 0 Å². The molecule has 2 rings (SSSR count). The van der Waals surface area contributed by atoms with Crippen molar-refractivity contribution < 1.29 is 0 Å². The molecule has 0 bridgehead atoms. The standard InChI is InChI=1S/C13H18N2/c1-13(2,3)15-11-7-5-4-6-10(11)8-9-12(15)14/h4-9,12H,14H2,1-3H3/t12-/m0/s1. The van der Waals surface area contributed by atoms with Crippen molar-refractivity contribution in [1.29, 1.82) is 0 Å². The molecule has 0 amide bonds. The summed E-state index contributed by atoms with van der Waals surface area (Å²) in [6.45, 7) is 6.55. The van der Waals surface area contributed by atoms with Gasteiger partial charge in [-0.25, -0.2) is 0 Å². The van der Waals surface area contributed by atoms with Crippen LogP contribution in [-0.4, -0.2) is 11.7 Å². The lowest BCUT2D eigenvalue weighted by atomic mass is 9.98. The van der Waals surface area contributed by atoms with Gasteiger partial charge in [-0.2, -0.15) is 0 Å². The van der Waals surface area contributed by atoms with Gasteiger partial charge in [0.25, 0.3) is 0 Å². The summed E-state index contributed by atoms with van der Waals surface area (Å²) < 4.78 is 0. The summed E-state index contributed by atoms with van der Waals surface area (Å²) in [7, 11) is 0. The van der Waals surface area contributed by atoms with E-state index in [0.717, 1.165) is 0 Å². The van der Waals surface area contributed by atoms with E-state index in [4.69, 9.17) is 5.73 Å². The Balaban J connectivity index is 2.52. The third-order valence-electron chi connectivity index (χ3n) is 2.69. The number of nitrogens with two attached hydrogens (primary N) is 1. The highest BCUT2D eigenvalue weighted by molar-refractivity contribution is 5.72. The van der Waals surface area contributed by atoms with E-state index in [0.29, 0.717) is 0 Å². The van der Waals surface area contributed by atoms with Crippen LogP contribution < -0.4 is 10.6 Å². The SMILES string of the molecule is CC(C)(C)N1c2ccccc2C=C[C@H]1N. The molecule has 2 N–H and O–H groups in total. The van der Waals surface area contributed by atoms with Crippen LogP contribution in [-0.2, 0) is 0 Å². The molecular formula is C13H18N2. The minimum atomic E-state index is -0.0279. The van der Waals surface area contributed by atoms with Crippen LogP contribution in [0.15, 0.2) is 30.3 Å². The summed E-state index contributed by atoms with van der Waals surface area (Å²) in [6, 6.07) is 8.37. The van der Waals surface area contributed by atoms with E-state index in [1.54, 1.807) is 0 Å². The van der Waals surface area contributed by atoms with Crippen molar-refractivity contribution in [2.45, 2.75) is 32.5 Å². The van der Waals surface area contributed by atoms with Crippen molar-refractivity contribution in [1.82, 2.24) is 0 Å². The van der Waals surface area contributed by atoms with Crippen LogP contribution in [0, 0.1) is 0 Å². The highest BCUT2D eigenvalue weighted by Gasteiger charge is 2.28. The predicted octanol–water partition coefficient (Wildman–Crippen LogP) is 2.60. The first kappa shape index (κ1) is 10.2. The Morgan fingerprint density at radius 2 is 1.87 bits per heavy atom. The highest BCUT2D eigenvalue weighted by Crippen LogP contribution is 2.32. The molecule has 1 aliphatic rings. The number of anilines is 1. The summed E-state index contributed by atoms with van der Waals surface area (Å²) in [5, 5.41) is 0. The number of para-hydroxylation sites is 1. The van der Waals surface area contributed by atoms with Crippen LogP contribution in [0.3, 0.4) is 0 Å². The molecule has 1 heterocycles. The Morgan fingerprint density at radius 3 is 2.53 bits per heavy atom. The second kappa shape index (κ2) is 3.38. The second-order valence-electron chi connectivity index (χ2n) is 4.95. The number of nitrogens with zero attached hydrogens (tertiary/aromatic N) is 1. The zero-order valence-corrected chi connectivity index (χ0v) is 9.57. The van der Waals surface area contributed by atoms with Gasteiger partial charge in [0.1, 0.15) is 0 Å². The van der Waals surface area contributed by atoms with Crippen molar-refractivity contribution in [3.63, 3.8) is 0 Å². The van der Waals surface area contributed by atoms with Gasteiger partial charge in [-0.05, 0) is 38.5 Å². The van der Waals surface area contributed by atoms with E-state index in [2.05, 4.69) is 56.0 Å². The predicted molar refractivity (Wildman–Crippen MR) is 65.7 cm³/mol. The fraction of sp³-hybridized carbons (Fsp3) is 0.385. The Labute approximate surface area is 91.4 Å². The van der Waals surface area contributed by atoms with Crippen LogP contribution in [0.4, 0.5) is 5.69 Å². The average molecular weight is 202 g/mol. The van der Waals surface area contributed by atoms with E-state index in [9.17, 15) is 0 Å². The summed E-state index contributed by atoms with van der Waals surface area (Å²) in [5.41, 5.74) is 8.63. The van der Waals surface area contributed by atoms with Gasteiger partial charge < -0.3 is 10.6 Å². The number of hydrogen-bond acceptors (Lipinski definition) is 2. The smallest absolute Gasteiger partial charge is 0.0970 e. The van der Waals surface area contributed by atoms with Crippen molar-refractivity contribution in [2.75, 3.05) is 4.90 Å². The molecule has 0 saturated heterocycles. The molecule has 0 spiro atoms. The van der Waals surface area contributed by atoms with E-state index in [-0.39, 0.29) is 11.7 Å². The molecule has 0 aromatic heterocycles. The topological polar surface area (TPSA) is 29.3 Å². The first-order valence-electron chi connectivity index (χ1n) is 5.32. The molecule has 15 heavy (non-hydrogen) atoms. The van der Waals surface area contributed by atoms with Gasteiger partial charge in [-0.1, -0.05) is 24.3 Å². The Bertz CT molecular complexity index is 388. The van der Waals surface area contributed by atoms with Crippen LogP contribution in [0.25, 0.3) is 6.08 Å². The number of fused-ring (bicyclic) bond motifs is 1. The molecule has 0 unspecified atom stereocenters. The van der Waals surface area contributed by atoms with Crippen molar-refractivity contribution in [2.24, 2.45) is 5.73 Å². The first-order valence-corrected chi connectivity index (χ1v) is 5.32. The molecule has 0 aliphatic carbocycles. The van der Waals surface area contributed by atoms with Gasteiger partial charge >= 0.3 is 0 Å². The number of rotatable bonds is 0. The van der Waals surface area contributed by atoms with Crippen LogP contribution in [0.5, 0.6) is 0 Å². The molecule has 2 heteroatoms. The van der Waals surface area contributed by atoms with Gasteiger partial charge in [0.2, 0.25) is 0 Å². The van der Waals surface area contributed by atoms with Gasteiger partial charge in [-0.3, -0.25) is 0 Å². The van der Waals surface area contributed by atoms with Crippen LogP contribution in [0.2, 0.25) is 0 Å². The van der Waals surface area contributed by atoms with Crippen molar-refractivity contribution in [3.05, 3.63) is 35.9 Å². The van der Waals surface area contributed by atoms with E-state index in [1.165, 1.54) is 11.3 Å². The fourth-order valence-electron chi connectivity index (χ4n) is 2.11. The number of benzene rings is 1. The molecule has 1 aliphatic heterocycles. The summed E-state index contributed by atoms with van der Waals surface area (Å²) in [4.78, 5) is 2.25. The summed E-state index contributed by atoms with van der Waals surface area (Å²) >= 11 is 0. The van der Waals surface area contributed by atoms with Crippen molar-refractivity contribution in [3.8, 4) is 0 Å². The Hall–Kier alpha value is -1.28. The minimum Gasteiger partial charge on any atom is -0.347 e. The Morgan fingerprint density at radius 1 is 1.20 bits per heavy atom. The third kappa shape index (κ3) is 1.77. The molecule has 1 aromatic carbocycles. The Kier molecular flexibility index (Phi) is 2.31. The maximum absolute atomic E-state index is 6.12. The largest absolute Gasteiger partial charge is 0.347 e. The van der Waals surface area contributed by atoms with E-state index >= 15 is 0 Å². The summed E-state index contributed by atoms with van der Waals surface area (Å²) in [5.74, 6) is 0. The molecule has 1 atom stereocenters. The van der Waals surface area contributed by atoms with Gasteiger partial charge in [0.15, 0.2) is 0 Å². The zero-order valence-electron chi connectivity index (χ0n) is 9.57. The lowest BCUT2D eigenvalue weighted by Gasteiger charge is -2.43. The normalized spacial score (nSPS) is 20.3. The van der Waals surface area contributed by atoms with Crippen LogP contribution >= 0.6 is 0 Å². The summed E-state index contributed by atoms with van der Waals surface area (Å²) in [6.07, 6.45) is 4.12. The molecular weight excluding hydrogens is 184 g/mol. The maximum atomic E-state index is 6.12. The third-order valence-corrected chi connectivity index (χ3v) is 2.69. The second-order valence-corrected chi connectivity index (χ2v) is 4.95. The van der Waals surface area contributed by atoms with Crippen molar-refractivity contribution >= 4 is 11.8 Å².